The van der Waals surface area contributed by atoms with Gasteiger partial charge in [-0.2, -0.15) is 0 Å². The van der Waals surface area contributed by atoms with Crippen LogP contribution in [0, 0.1) is 33.8 Å². The maximum absolute atomic E-state index is 12.9. The normalized spacial score (nSPS) is 21.5. The van der Waals surface area contributed by atoms with Crippen molar-refractivity contribution in [2.45, 2.75) is 65.0 Å². The van der Waals surface area contributed by atoms with Crippen LogP contribution in [-0.2, 0) is 16.1 Å². The number of likely N-dealkylation sites (tertiary alicyclic amines) is 1. The number of carboxylic acids is 1. The number of amides is 1. The summed E-state index contributed by atoms with van der Waals surface area (Å²) in [4.78, 5) is 39.0. The van der Waals surface area contributed by atoms with Gasteiger partial charge in [-0.3, -0.25) is 14.9 Å². The van der Waals surface area contributed by atoms with E-state index in [1.807, 2.05) is 13.8 Å². The van der Waals surface area contributed by atoms with Crippen LogP contribution in [0.5, 0.6) is 0 Å². The SMILES string of the molecule is C=CCN(C(=O)OCc1ccc([N+](=O)[O-])cc1)C1CCN(C[C@@H]2CCC(CC(C(=O)O)C(C)C)C2)CC1. The molecule has 3 atom stereocenters. The number of piperidine rings is 1. The first-order chi connectivity index (χ1) is 17.7. The maximum Gasteiger partial charge on any atom is 0.410 e. The predicted molar refractivity (Wildman–Crippen MR) is 141 cm³/mol. The van der Waals surface area contributed by atoms with Crippen molar-refractivity contribution in [1.82, 2.24) is 9.80 Å². The van der Waals surface area contributed by atoms with E-state index in [4.69, 9.17) is 4.74 Å². The average Bonchev–Trinajstić information content (AvgIpc) is 3.31. The van der Waals surface area contributed by atoms with E-state index in [2.05, 4.69) is 11.5 Å². The number of nitro benzene ring substituents is 1. The zero-order chi connectivity index (χ0) is 26.9. The number of nitro groups is 1. The molecule has 0 aromatic heterocycles. The van der Waals surface area contributed by atoms with Gasteiger partial charge in [-0.25, -0.2) is 4.79 Å². The van der Waals surface area contributed by atoms with E-state index in [9.17, 15) is 24.8 Å². The van der Waals surface area contributed by atoms with Crippen molar-refractivity contribution in [3.63, 3.8) is 0 Å². The Morgan fingerprint density at radius 1 is 1.19 bits per heavy atom. The van der Waals surface area contributed by atoms with E-state index in [1.165, 1.54) is 12.1 Å². The number of non-ortho nitro benzene ring substituents is 1. The van der Waals surface area contributed by atoms with Gasteiger partial charge in [-0.15, -0.1) is 6.58 Å². The quantitative estimate of drug-likeness (QED) is 0.227. The predicted octanol–water partition coefficient (Wildman–Crippen LogP) is 5.35. The molecule has 9 heteroatoms. The van der Waals surface area contributed by atoms with Crippen molar-refractivity contribution in [3.05, 3.63) is 52.6 Å². The Bertz CT molecular complexity index is 926. The van der Waals surface area contributed by atoms with Gasteiger partial charge in [-0.05, 0) is 67.6 Å². The summed E-state index contributed by atoms with van der Waals surface area (Å²) in [7, 11) is 0. The fourth-order valence-corrected chi connectivity index (χ4v) is 5.81. The lowest BCUT2D eigenvalue weighted by Gasteiger charge is -2.38. The van der Waals surface area contributed by atoms with Gasteiger partial charge in [0.15, 0.2) is 0 Å². The molecule has 2 fully saturated rings. The molecule has 1 amide bonds. The first-order valence-corrected chi connectivity index (χ1v) is 13.4. The summed E-state index contributed by atoms with van der Waals surface area (Å²) in [5.41, 5.74) is 0.702. The minimum atomic E-state index is -0.670. The number of nitrogens with zero attached hydrogens (tertiary/aromatic N) is 3. The van der Waals surface area contributed by atoms with Crippen molar-refractivity contribution < 1.29 is 24.4 Å². The van der Waals surface area contributed by atoms with Gasteiger partial charge in [0.2, 0.25) is 0 Å². The number of aliphatic carboxylic acids is 1. The van der Waals surface area contributed by atoms with Gasteiger partial charge in [-0.1, -0.05) is 26.3 Å². The molecule has 1 aliphatic heterocycles. The van der Waals surface area contributed by atoms with Crippen LogP contribution in [0.2, 0.25) is 0 Å². The Hall–Kier alpha value is -2.94. The third-order valence-electron chi connectivity index (χ3n) is 7.94. The minimum Gasteiger partial charge on any atom is -0.481 e. The molecule has 2 unspecified atom stereocenters. The van der Waals surface area contributed by atoms with E-state index in [-0.39, 0.29) is 30.2 Å². The van der Waals surface area contributed by atoms with E-state index in [1.54, 1.807) is 23.1 Å². The van der Waals surface area contributed by atoms with Gasteiger partial charge < -0.3 is 19.6 Å². The van der Waals surface area contributed by atoms with E-state index >= 15 is 0 Å². The lowest BCUT2D eigenvalue weighted by atomic mass is 9.85. The van der Waals surface area contributed by atoms with Crippen LogP contribution in [-0.4, -0.2) is 64.1 Å². The summed E-state index contributed by atoms with van der Waals surface area (Å²) >= 11 is 0. The molecule has 1 aliphatic carbocycles. The second kappa shape index (κ2) is 13.6. The average molecular weight is 516 g/mol. The third-order valence-corrected chi connectivity index (χ3v) is 7.94. The molecule has 3 rings (SSSR count). The van der Waals surface area contributed by atoms with Gasteiger partial charge >= 0.3 is 12.1 Å². The highest BCUT2D eigenvalue weighted by molar-refractivity contribution is 5.70. The van der Waals surface area contributed by atoms with Gasteiger partial charge in [0.05, 0.1) is 10.8 Å². The van der Waals surface area contributed by atoms with E-state index < -0.39 is 17.0 Å². The summed E-state index contributed by atoms with van der Waals surface area (Å²) in [5, 5.41) is 20.3. The number of carbonyl (C=O) groups excluding carboxylic acids is 1. The molecule has 9 nitrogen and oxygen atoms in total. The lowest BCUT2D eigenvalue weighted by molar-refractivity contribution is -0.384. The molecule has 1 saturated carbocycles. The second-order valence-corrected chi connectivity index (χ2v) is 10.9. The molecule has 0 radical (unpaired) electrons. The first kappa shape index (κ1) is 28.6. The molecule has 37 heavy (non-hydrogen) atoms. The zero-order valence-electron chi connectivity index (χ0n) is 22.1. The highest BCUT2D eigenvalue weighted by Gasteiger charge is 2.33. The number of benzene rings is 1. The molecule has 1 aromatic carbocycles. The van der Waals surface area contributed by atoms with Crippen LogP contribution in [0.25, 0.3) is 0 Å². The Morgan fingerprint density at radius 3 is 2.41 bits per heavy atom. The number of rotatable bonds is 12. The standard InChI is InChI=1S/C28H41N3O6/c1-4-13-30(28(34)37-19-21-7-9-25(10-8-21)31(35)36)24-11-14-29(15-12-24)18-23-6-5-22(16-23)17-26(20(2)3)27(32)33/h4,7-10,20,22-24,26H,1,5-6,11-19H2,2-3H3,(H,32,33)/t22?,23-,26?/m1/s1. The first-order valence-electron chi connectivity index (χ1n) is 13.4. The van der Waals surface area contributed by atoms with Crippen LogP contribution >= 0.6 is 0 Å². The van der Waals surface area contributed by atoms with E-state index in [0.717, 1.165) is 58.2 Å². The second-order valence-electron chi connectivity index (χ2n) is 10.9. The summed E-state index contributed by atoms with van der Waals surface area (Å²) in [6.45, 7) is 11.1. The fraction of sp³-hybridized carbons (Fsp3) is 0.643. The molecule has 0 bridgehead atoms. The Morgan fingerprint density at radius 2 is 1.84 bits per heavy atom. The summed E-state index contributed by atoms with van der Waals surface area (Å²) < 4.78 is 5.52. The minimum absolute atomic E-state index is 0.00302. The third kappa shape index (κ3) is 8.28. The van der Waals surface area contributed by atoms with Crippen LogP contribution in [0.4, 0.5) is 10.5 Å². The largest absolute Gasteiger partial charge is 0.481 e. The fourth-order valence-electron chi connectivity index (χ4n) is 5.81. The lowest BCUT2D eigenvalue weighted by Crippen LogP contribution is -2.48. The number of hydrogen-bond acceptors (Lipinski definition) is 6. The molecule has 0 spiro atoms. The van der Waals surface area contributed by atoms with Crippen LogP contribution < -0.4 is 0 Å². The van der Waals surface area contributed by atoms with Crippen molar-refractivity contribution in [3.8, 4) is 0 Å². The molecular weight excluding hydrogens is 474 g/mol. The monoisotopic (exact) mass is 515 g/mol. The number of ether oxygens (including phenoxy) is 1. The molecule has 1 heterocycles. The smallest absolute Gasteiger partial charge is 0.410 e. The number of carbonyl (C=O) groups is 2. The summed E-state index contributed by atoms with van der Waals surface area (Å²) in [6.07, 6.45) is 7.21. The van der Waals surface area contributed by atoms with Crippen molar-refractivity contribution in [2.24, 2.45) is 23.7 Å². The molecular formula is C28H41N3O6. The highest BCUT2D eigenvalue weighted by atomic mass is 16.6. The Labute approximate surface area is 219 Å². The van der Waals surface area contributed by atoms with Crippen LogP contribution in [0.3, 0.4) is 0 Å². The zero-order valence-corrected chi connectivity index (χ0v) is 22.1. The number of carboxylic acid groups (broad SMARTS) is 1. The topological polar surface area (TPSA) is 113 Å². The van der Waals surface area contributed by atoms with Gasteiger partial charge in [0, 0.05) is 44.4 Å². The molecule has 1 aromatic rings. The Balaban J connectivity index is 1.44. The van der Waals surface area contributed by atoms with Crippen LogP contribution in [0.15, 0.2) is 36.9 Å². The number of hydrogen-bond donors (Lipinski definition) is 1. The van der Waals surface area contributed by atoms with Gasteiger partial charge in [0.1, 0.15) is 6.61 Å². The van der Waals surface area contributed by atoms with Crippen molar-refractivity contribution in [2.75, 3.05) is 26.2 Å². The highest BCUT2D eigenvalue weighted by Crippen LogP contribution is 2.37. The molecule has 204 valence electrons. The summed E-state index contributed by atoms with van der Waals surface area (Å²) in [6, 6.07) is 6.08. The van der Waals surface area contributed by atoms with Crippen LogP contribution in [0.1, 0.15) is 57.9 Å². The molecule has 2 aliphatic rings. The Kier molecular flexibility index (Phi) is 10.5. The van der Waals surface area contributed by atoms with E-state index in [0.29, 0.717) is 23.9 Å². The summed E-state index contributed by atoms with van der Waals surface area (Å²) in [5.74, 6) is 0.347. The van der Waals surface area contributed by atoms with Crippen molar-refractivity contribution in [1.29, 1.82) is 0 Å². The molecule has 1 N–H and O–H groups in total. The van der Waals surface area contributed by atoms with Crippen molar-refractivity contribution >= 4 is 17.7 Å². The van der Waals surface area contributed by atoms with Gasteiger partial charge in [0.25, 0.3) is 5.69 Å². The molecule has 1 saturated heterocycles. The maximum atomic E-state index is 12.9.